The predicted molar refractivity (Wildman–Crippen MR) is 101 cm³/mol. The summed E-state index contributed by atoms with van der Waals surface area (Å²) >= 11 is 1.25. The third-order valence-corrected chi connectivity index (χ3v) is 5.57. The summed E-state index contributed by atoms with van der Waals surface area (Å²) in [7, 11) is 0. The Kier molecular flexibility index (Phi) is 5.38. The zero-order chi connectivity index (χ0) is 18.7. The Bertz CT molecular complexity index is 793. The number of anilines is 1. The molecule has 0 bridgehead atoms. The van der Waals surface area contributed by atoms with Crippen LogP contribution in [0.15, 0.2) is 30.5 Å². The SMILES string of the molecule is CC(C)(O)c1cnc(NC(=O)c2ccc(CN3CCCCC3=O)cc2)s1. The Labute approximate surface area is 156 Å². The summed E-state index contributed by atoms with van der Waals surface area (Å²) < 4.78 is 0. The van der Waals surface area contributed by atoms with Gasteiger partial charge in [-0.25, -0.2) is 4.98 Å². The minimum absolute atomic E-state index is 0.199. The summed E-state index contributed by atoms with van der Waals surface area (Å²) in [6.07, 6.45) is 4.22. The first-order valence-electron chi connectivity index (χ1n) is 8.70. The monoisotopic (exact) mass is 373 g/mol. The van der Waals surface area contributed by atoms with Gasteiger partial charge in [-0.3, -0.25) is 14.9 Å². The number of nitrogens with zero attached hydrogens (tertiary/aromatic N) is 2. The Morgan fingerprint density at radius 1 is 1.31 bits per heavy atom. The van der Waals surface area contributed by atoms with Crippen LogP contribution in [0.5, 0.6) is 0 Å². The van der Waals surface area contributed by atoms with E-state index in [4.69, 9.17) is 0 Å². The molecule has 1 aromatic carbocycles. The highest BCUT2D eigenvalue weighted by Gasteiger charge is 2.20. The number of aromatic nitrogens is 1. The third kappa shape index (κ3) is 4.47. The van der Waals surface area contributed by atoms with Crippen LogP contribution in [0.25, 0.3) is 0 Å². The lowest BCUT2D eigenvalue weighted by Crippen LogP contribution is -2.34. The average molecular weight is 373 g/mol. The van der Waals surface area contributed by atoms with Crippen molar-refractivity contribution < 1.29 is 14.7 Å². The van der Waals surface area contributed by atoms with Crippen molar-refractivity contribution in [1.82, 2.24) is 9.88 Å². The number of carbonyl (C=O) groups excluding carboxylic acids is 2. The maximum absolute atomic E-state index is 12.4. The molecule has 2 N–H and O–H groups in total. The van der Waals surface area contributed by atoms with Crippen molar-refractivity contribution in [2.75, 3.05) is 11.9 Å². The molecule has 0 unspecified atom stereocenters. The van der Waals surface area contributed by atoms with Gasteiger partial charge in [0.25, 0.3) is 5.91 Å². The summed E-state index contributed by atoms with van der Waals surface area (Å²) in [5, 5.41) is 13.2. The van der Waals surface area contributed by atoms with Crippen LogP contribution in [-0.2, 0) is 16.9 Å². The maximum atomic E-state index is 12.4. The average Bonchev–Trinajstić information content (AvgIpc) is 3.06. The minimum Gasteiger partial charge on any atom is -0.385 e. The summed E-state index contributed by atoms with van der Waals surface area (Å²) in [6.45, 7) is 4.74. The number of likely N-dealkylation sites (tertiary alicyclic amines) is 1. The normalized spacial score (nSPS) is 15.2. The van der Waals surface area contributed by atoms with Crippen LogP contribution in [-0.4, -0.2) is 33.3 Å². The molecular weight excluding hydrogens is 350 g/mol. The third-order valence-electron chi connectivity index (χ3n) is 4.34. The molecule has 1 aliphatic heterocycles. The molecule has 1 aromatic heterocycles. The van der Waals surface area contributed by atoms with E-state index in [1.165, 1.54) is 11.3 Å². The van der Waals surface area contributed by atoms with Crippen molar-refractivity contribution in [3.63, 3.8) is 0 Å². The fraction of sp³-hybridized carbons (Fsp3) is 0.421. The summed E-state index contributed by atoms with van der Waals surface area (Å²) in [4.78, 5) is 30.9. The Hall–Kier alpha value is -2.25. The molecule has 1 saturated heterocycles. The van der Waals surface area contributed by atoms with E-state index in [0.29, 0.717) is 28.5 Å². The van der Waals surface area contributed by atoms with E-state index in [-0.39, 0.29) is 11.8 Å². The number of hydrogen-bond donors (Lipinski definition) is 2. The van der Waals surface area contributed by atoms with Crippen molar-refractivity contribution in [2.24, 2.45) is 0 Å². The van der Waals surface area contributed by atoms with Crippen LogP contribution >= 0.6 is 11.3 Å². The van der Waals surface area contributed by atoms with Crippen molar-refractivity contribution in [3.8, 4) is 0 Å². The van der Waals surface area contributed by atoms with Gasteiger partial charge in [0, 0.05) is 31.3 Å². The van der Waals surface area contributed by atoms with Crippen LogP contribution < -0.4 is 5.32 Å². The second kappa shape index (κ2) is 7.55. The first kappa shape index (κ1) is 18.5. The molecule has 0 aliphatic carbocycles. The van der Waals surface area contributed by atoms with Crippen LogP contribution in [0.2, 0.25) is 0 Å². The number of carbonyl (C=O) groups is 2. The molecule has 7 heteroatoms. The lowest BCUT2D eigenvalue weighted by Gasteiger charge is -2.26. The molecule has 2 amide bonds. The zero-order valence-electron chi connectivity index (χ0n) is 15.0. The Morgan fingerprint density at radius 2 is 2.04 bits per heavy atom. The highest BCUT2D eigenvalue weighted by atomic mass is 32.1. The van der Waals surface area contributed by atoms with Crippen molar-refractivity contribution in [3.05, 3.63) is 46.5 Å². The van der Waals surface area contributed by atoms with Gasteiger partial charge in [0.2, 0.25) is 5.91 Å². The predicted octanol–water partition coefficient (Wildman–Crippen LogP) is 3.14. The van der Waals surface area contributed by atoms with Crippen LogP contribution in [0, 0.1) is 0 Å². The van der Waals surface area contributed by atoms with Gasteiger partial charge in [-0.2, -0.15) is 0 Å². The first-order valence-corrected chi connectivity index (χ1v) is 9.51. The number of nitrogens with one attached hydrogen (secondary N) is 1. The highest BCUT2D eigenvalue weighted by molar-refractivity contribution is 7.15. The van der Waals surface area contributed by atoms with E-state index in [0.717, 1.165) is 24.9 Å². The van der Waals surface area contributed by atoms with Crippen LogP contribution in [0.1, 0.15) is 53.9 Å². The zero-order valence-corrected chi connectivity index (χ0v) is 15.8. The lowest BCUT2D eigenvalue weighted by molar-refractivity contribution is -0.133. The number of piperidine rings is 1. The molecule has 1 aliphatic rings. The number of rotatable bonds is 5. The topological polar surface area (TPSA) is 82.5 Å². The summed E-state index contributed by atoms with van der Waals surface area (Å²) in [5.74, 6) is -0.0494. The molecule has 138 valence electrons. The summed E-state index contributed by atoms with van der Waals surface area (Å²) in [6, 6.07) is 7.26. The lowest BCUT2D eigenvalue weighted by atomic mass is 10.1. The van der Waals surface area contributed by atoms with E-state index >= 15 is 0 Å². The smallest absolute Gasteiger partial charge is 0.257 e. The van der Waals surface area contributed by atoms with E-state index < -0.39 is 5.60 Å². The van der Waals surface area contributed by atoms with Gasteiger partial charge in [-0.1, -0.05) is 23.5 Å². The van der Waals surface area contributed by atoms with Gasteiger partial charge in [0.15, 0.2) is 5.13 Å². The molecular formula is C19H23N3O3S. The molecule has 2 heterocycles. The standard InChI is InChI=1S/C19H23N3O3S/c1-19(2,25)15-11-20-18(26-15)21-17(24)14-8-6-13(7-9-14)12-22-10-4-3-5-16(22)23/h6-9,11,25H,3-5,10,12H2,1-2H3,(H,20,21,24). The highest BCUT2D eigenvalue weighted by Crippen LogP contribution is 2.28. The van der Waals surface area contributed by atoms with Crippen molar-refractivity contribution in [1.29, 1.82) is 0 Å². The molecule has 2 aromatic rings. The fourth-order valence-electron chi connectivity index (χ4n) is 2.79. The van der Waals surface area contributed by atoms with Gasteiger partial charge in [-0.15, -0.1) is 0 Å². The van der Waals surface area contributed by atoms with E-state index in [1.807, 2.05) is 17.0 Å². The Morgan fingerprint density at radius 3 is 2.65 bits per heavy atom. The van der Waals surface area contributed by atoms with Crippen LogP contribution in [0.3, 0.4) is 0 Å². The second-order valence-electron chi connectivity index (χ2n) is 7.01. The van der Waals surface area contributed by atoms with Gasteiger partial charge < -0.3 is 10.0 Å². The largest absolute Gasteiger partial charge is 0.385 e. The van der Waals surface area contributed by atoms with Gasteiger partial charge in [0.05, 0.1) is 10.5 Å². The fourth-order valence-corrected chi connectivity index (χ4v) is 3.61. The number of benzene rings is 1. The van der Waals surface area contributed by atoms with Crippen LogP contribution in [0.4, 0.5) is 5.13 Å². The molecule has 0 saturated carbocycles. The molecule has 0 spiro atoms. The molecule has 6 nitrogen and oxygen atoms in total. The number of hydrogen-bond acceptors (Lipinski definition) is 5. The Balaban J connectivity index is 1.61. The van der Waals surface area contributed by atoms with Crippen molar-refractivity contribution >= 4 is 28.3 Å². The first-order chi connectivity index (χ1) is 12.3. The molecule has 26 heavy (non-hydrogen) atoms. The van der Waals surface area contributed by atoms with Crippen molar-refractivity contribution in [2.45, 2.75) is 45.3 Å². The van der Waals surface area contributed by atoms with E-state index in [1.54, 1.807) is 32.2 Å². The maximum Gasteiger partial charge on any atom is 0.257 e. The van der Waals surface area contributed by atoms with Gasteiger partial charge in [0.1, 0.15) is 0 Å². The quantitative estimate of drug-likeness (QED) is 0.843. The second-order valence-corrected chi connectivity index (χ2v) is 8.04. The van der Waals surface area contributed by atoms with Gasteiger partial charge in [-0.05, 0) is 44.4 Å². The summed E-state index contributed by atoms with van der Waals surface area (Å²) in [5.41, 5.74) is 0.558. The molecule has 0 radical (unpaired) electrons. The van der Waals surface area contributed by atoms with Gasteiger partial charge >= 0.3 is 0 Å². The van der Waals surface area contributed by atoms with E-state index in [9.17, 15) is 14.7 Å². The molecule has 3 rings (SSSR count). The molecule has 0 atom stereocenters. The van der Waals surface area contributed by atoms with E-state index in [2.05, 4.69) is 10.3 Å². The number of amides is 2. The minimum atomic E-state index is -0.978. The number of thiazole rings is 1. The number of aliphatic hydroxyl groups is 1. The molecule has 1 fully saturated rings.